The molecule has 3 atom stereocenters. The van der Waals surface area contributed by atoms with Crippen molar-refractivity contribution in [3.63, 3.8) is 0 Å². The number of phosphoric acid groups is 1. The Morgan fingerprint density at radius 2 is 0.730 bits per heavy atom. The number of aliphatic hydroxyl groups is 1. The standard InChI is InChI=1S/C62H103O11P/c1-4-7-10-13-16-19-22-25-27-28-29-30-32-34-36-39-42-45-48-51-60(64)69-55-59(73-62(66)53-50-47-44-41-38-35-31-26-23-20-17-14-11-8-5-2)57-71-74(67,68)70-56-58(54-63)72-61(65)52-49-46-43-40-37-33-24-21-18-15-12-9-6-3/h8-9,11-12,16-21,25-27,31,33,37,43,46,58-59,63H,4-7,10,13-15,22-24,28-30,32,34-36,38-42,44-45,47-57H2,1-3H3,(H,67,68)/b11-8-,12-9-,19-16-,20-17-,21-18-,27-25-,31-26-,37-33-,46-43-. The van der Waals surface area contributed by atoms with Crippen molar-refractivity contribution < 1.29 is 52.2 Å². The van der Waals surface area contributed by atoms with Crippen molar-refractivity contribution in [1.29, 1.82) is 0 Å². The molecular formula is C62H103O11P. The summed E-state index contributed by atoms with van der Waals surface area (Å²) in [6.45, 7) is 4.28. The normalized spacial score (nSPS) is 14.2. The van der Waals surface area contributed by atoms with Gasteiger partial charge in [-0.2, -0.15) is 0 Å². The minimum absolute atomic E-state index is 0.0499. The van der Waals surface area contributed by atoms with Gasteiger partial charge in [-0.15, -0.1) is 0 Å². The fourth-order valence-corrected chi connectivity index (χ4v) is 8.14. The third-order valence-electron chi connectivity index (χ3n) is 11.7. The van der Waals surface area contributed by atoms with E-state index in [9.17, 15) is 28.9 Å². The van der Waals surface area contributed by atoms with E-state index in [2.05, 4.69) is 112 Å². The number of carbonyl (C=O) groups excluding carboxylic acids is 3. The maximum atomic E-state index is 12.9. The fourth-order valence-electron chi connectivity index (χ4n) is 7.35. The number of aliphatic hydroxyl groups excluding tert-OH is 1. The van der Waals surface area contributed by atoms with Crippen LogP contribution in [0.2, 0.25) is 0 Å². The molecule has 0 radical (unpaired) electrons. The lowest BCUT2D eigenvalue weighted by Gasteiger charge is -2.21. The van der Waals surface area contributed by atoms with Gasteiger partial charge in [0.2, 0.25) is 0 Å². The molecule has 2 N–H and O–H groups in total. The van der Waals surface area contributed by atoms with Gasteiger partial charge >= 0.3 is 25.7 Å². The summed E-state index contributed by atoms with van der Waals surface area (Å²) in [5.74, 6) is -1.58. The summed E-state index contributed by atoms with van der Waals surface area (Å²) < 4.78 is 39.4. The Labute approximate surface area is 450 Å². The molecule has 0 aromatic rings. The van der Waals surface area contributed by atoms with E-state index < -0.39 is 57.8 Å². The average Bonchev–Trinajstić information content (AvgIpc) is 3.39. The summed E-state index contributed by atoms with van der Waals surface area (Å²) in [7, 11) is -4.78. The number of hydrogen-bond acceptors (Lipinski definition) is 10. The zero-order valence-corrected chi connectivity index (χ0v) is 47.4. The van der Waals surface area contributed by atoms with Crippen LogP contribution in [0.15, 0.2) is 109 Å². The Morgan fingerprint density at radius 3 is 1.16 bits per heavy atom. The minimum atomic E-state index is -4.78. The number of phosphoric ester groups is 1. The van der Waals surface area contributed by atoms with Gasteiger partial charge in [-0.3, -0.25) is 23.4 Å². The number of esters is 3. The first-order valence-electron chi connectivity index (χ1n) is 28.8. The van der Waals surface area contributed by atoms with Crippen LogP contribution in [0.1, 0.15) is 226 Å². The third kappa shape index (κ3) is 53.0. The van der Waals surface area contributed by atoms with Crippen LogP contribution in [0, 0.1) is 0 Å². The maximum absolute atomic E-state index is 12.9. The van der Waals surface area contributed by atoms with Gasteiger partial charge in [0.05, 0.1) is 19.8 Å². The smallest absolute Gasteiger partial charge is 0.462 e. The molecule has 422 valence electrons. The molecule has 0 aliphatic rings. The fraction of sp³-hybridized carbons (Fsp3) is 0.661. The lowest BCUT2D eigenvalue weighted by Crippen LogP contribution is -2.30. The van der Waals surface area contributed by atoms with E-state index in [4.69, 9.17) is 23.3 Å². The summed E-state index contributed by atoms with van der Waals surface area (Å²) in [5, 5.41) is 9.79. The van der Waals surface area contributed by atoms with Crippen molar-refractivity contribution >= 4 is 25.7 Å². The van der Waals surface area contributed by atoms with Crippen LogP contribution < -0.4 is 0 Å². The Kier molecular flexibility index (Phi) is 52.5. The van der Waals surface area contributed by atoms with E-state index in [1.807, 2.05) is 18.2 Å². The predicted molar refractivity (Wildman–Crippen MR) is 307 cm³/mol. The van der Waals surface area contributed by atoms with Gasteiger partial charge in [-0.25, -0.2) is 4.57 Å². The van der Waals surface area contributed by atoms with Crippen molar-refractivity contribution in [2.24, 2.45) is 0 Å². The molecule has 0 amide bonds. The molecule has 0 heterocycles. The molecule has 0 saturated heterocycles. The predicted octanol–water partition coefficient (Wildman–Crippen LogP) is 17.0. The summed E-state index contributed by atoms with van der Waals surface area (Å²) in [6.07, 6.45) is 66.4. The van der Waals surface area contributed by atoms with Crippen LogP contribution >= 0.6 is 7.82 Å². The Hall–Kier alpha value is -3.86. The van der Waals surface area contributed by atoms with Gasteiger partial charge in [0.25, 0.3) is 0 Å². The molecule has 11 nitrogen and oxygen atoms in total. The zero-order chi connectivity index (χ0) is 54.1. The number of carbonyl (C=O) groups is 3. The van der Waals surface area contributed by atoms with Gasteiger partial charge in [-0.05, 0) is 109 Å². The third-order valence-corrected chi connectivity index (χ3v) is 12.6. The van der Waals surface area contributed by atoms with Gasteiger partial charge in [0.15, 0.2) is 6.10 Å². The van der Waals surface area contributed by atoms with E-state index in [0.717, 1.165) is 109 Å². The molecule has 0 bridgehead atoms. The van der Waals surface area contributed by atoms with E-state index in [1.165, 1.54) is 57.8 Å². The second-order valence-corrected chi connectivity index (χ2v) is 20.1. The molecule has 0 aliphatic carbocycles. The van der Waals surface area contributed by atoms with Gasteiger partial charge in [-0.1, -0.05) is 207 Å². The Bertz CT molecular complexity index is 1660. The lowest BCUT2D eigenvalue weighted by atomic mass is 10.1. The first-order chi connectivity index (χ1) is 36.2. The molecule has 0 aromatic carbocycles. The van der Waals surface area contributed by atoms with Gasteiger partial charge in [0, 0.05) is 19.3 Å². The van der Waals surface area contributed by atoms with Crippen LogP contribution in [0.25, 0.3) is 0 Å². The number of allylic oxidation sites excluding steroid dienone is 18. The highest BCUT2D eigenvalue weighted by Gasteiger charge is 2.28. The highest BCUT2D eigenvalue weighted by atomic mass is 31.2. The van der Waals surface area contributed by atoms with Crippen LogP contribution in [-0.2, 0) is 42.2 Å². The Morgan fingerprint density at radius 1 is 0.392 bits per heavy atom. The van der Waals surface area contributed by atoms with Crippen LogP contribution in [0.3, 0.4) is 0 Å². The summed E-state index contributed by atoms with van der Waals surface area (Å²) >= 11 is 0. The van der Waals surface area contributed by atoms with Gasteiger partial charge < -0.3 is 24.2 Å². The van der Waals surface area contributed by atoms with E-state index in [0.29, 0.717) is 19.3 Å². The molecule has 3 unspecified atom stereocenters. The molecule has 74 heavy (non-hydrogen) atoms. The van der Waals surface area contributed by atoms with Crippen molar-refractivity contribution in [2.75, 3.05) is 26.4 Å². The summed E-state index contributed by atoms with van der Waals surface area (Å²) in [4.78, 5) is 48.5. The van der Waals surface area contributed by atoms with Crippen LogP contribution in [0.4, 0.5) is 0 Å². The van der Waals surface area contributed by atoms with Gasteiger partial charge in [0.1, 0.15) is 12.7 Å². The number of rotatable bonds is 52. The highest BCUT2D eigenvalue weighted by molar-refractivity contribution is 7.47. The number of unbranched alkanes of at least 4 members (excludes halogenated alkanes) is 17. The lowest BCUT2D eigenvalue weighted by molar-refractivity contribution is -0.161. The van der Waals surface area contributed by atoms with Crippen molar-refractivity contribution in [2.45, 2.75) is 238 Å². The molecule has 0 aliphatic heterocycles. The number of ether oxygens (including phenoxy) is 3. The van der Waals surface area contributed by atoms with Crippen LogP contribution in [-0.4, -0.2) is 66.5 Å². The quantitative estimate of drug-likeness (QED) is 0.0197. The minimum Gasteiger partial charge on any atom is -0.462 e. The van der Waals surface area contributed by atoms with Crippen molar-refractivity contribution in [3.05, 3.63) is 109 Å². The second kappa shape index (κ2) is 55.4. The average molecular weight is 1060 g/mol. The second-order valence-electron chi connectivity index (χ2n) is 18.7. The zero-order valence-electron chi connectivity index (χ0n) is 46.5. The molecule has 0 aromatic heterocycles. The molecular weight excluding hydrogens is 952 g/mol. The molecule has 0 fully saturated rings. The highest BCUT2D eigenvalue weighted by Crippen LogP contribution is 2.43. The largest absolute Gasteiger partial charge is 0.472 e. The van der Waals surface area contributed by atoms with E-state index in [1.54, 1.807) is 0 Å². The molecule has 0 rings (SSSR count). The van der Waals surface area contributed by atoms with E-state index in [-0.39, 0.29) is 25.9 Å². The van der Waals surface area contributed by atoms with Crippen molar-refractivity contribution in [1.82, 2.24) is 0 Å². The SMILES string of the molecule is CC/C=C\C/C=C\C/C=C\C/C=C\CCC(=O)OC(CO)COP(=O)(O)OCC(COC(=O)CCCCCCCCCCC/C=C\C/C=C\CCCCC)OC(=O)CCCCCCC/C=C\C/C=C\C/C=C\CC. The Balaban J connectivity index is 4.80. The van der Waals surface area contributed by atoms with Crippen molar-refractivity contribution in [3.8, 4) is 0 Å². The first kappa shape index (κ1) is 70.1. The van der Waals surface area contributed by atoms with E-state index >= 15 is 0 Å². The molecule has 0 spiro atoms. The van der Waals surface area contributed by atoms with Crippen LogP contribution in [0.5, 0.6) is 0 Å². The first-order valence-corrected chi connectivity index (χ1v) is 30.3. The monoisotopic (exact) mass is 1050 g/mol. The number of hydrogen-bond donors (Lipinski definition) is 2. The maximum Gasteiger partial charge on any atom is 0.472 e. The summed E-state index contributed by atoms with van der Waals surface area (Å²) in [6, 6.07) is 0. The topological polar surface area (TPSA) is 155 Å². The summed E-state index contributed by atoms with van der Waals surface area (Å²) in [5.41, 5.74) is 0. The molecule has 12 heteroatoms. The molecule has 0 saturated carbocycles.